The van der Waals surface area contributed by atoms with Gasteiger partial charge in [0.2, 0.25) is 11.7 Å². The molecule has 0 unspecified atom stereocenters. The van der Waals surface area contributed by atoms with Gasteiger partial charge in [-0.2, -0.15) is 0 Å². The van der Waals surface area contributed by atoms with Gasteiger partial charge in [0.05, 0.1) is 5.69 Å². The minimum absolute atomic E-state index is 0.0553. The highest BCUT2D eigenvalue weighted by molar-refractivity contribution is 5.92. The summed E-state index contributed by atoms with van der Waals surface area (Å²) in [6.07, 6.45) is 3.07. The number of benzene rings is 1. The fourth-order valence-electron chi connectivity index (χ4n) is 3.21. The number of aryl methyl sites for hydroxylation is 1. The molecule has 5 nitrogen and oxygen atoms in total. The van der Waals surface area contributed by atoms with Crippen LogP contribution in [0.2, 0.25) is 0 Å². The number of carbonyl (C=O) groups is 1. The topological polar surface area (TPSA) is 55.6 Å². The van der Waals surface area contributed by atoms with Crippen LogP contribution in [0, 0.1) is 12.8 Å². The van der Waals surface area contributed by atoms with Crippen LogP contribution in [0.3, 0.4) is 0 Å². The number of oxazole rings is 1. The van der Waals surface area contributed by atoms with Gasteiger partial charge in [0.1, 0.15) is 0 Å². The van der Waals surface area contributed by atoms with Crippen LogP contribution in [0.4, 0.5) is 0 Å². The van der Waals surface area contributed by atoms with Crippen LogP contribution < -0.4 is 0 Å². The summed E-state index contributed by atoms with van der Waals surface area (Å²) in [5, 5.41) is 0. The fourth-order valence-corrected chi connectivity index (χ4v) is 3.21. The average molecular weight is 328 g/mol. The molecule has 1 amide bonds. The Morgan fingerprint density at radius 1 is 1.29 bits per heavy atom. The molecule has 0 N–H and O–H groups in total. The molecular formula is C19H24N2O3. The Bertz CT molecular complexity index is 681. The number of nitrogens with zero attached hydrogens (tertiary/aromatic N) is 2. The Morgan fingerprint density at radius 2 is 2.08 bits per heavy atom. The molecule has 1 aromatic heterocycles. The molecule has 5 heteroatoms. The average Bonchev–Trinajstić information content (AvgIpc) is 2.84. The van der Waals surface area contributed by atoms with Crippen molar-refractivity contribution in [3.63, 3.8) is 0 Å². The lowest BCUT2D eigenvalue weighted by Crippen LogP contribution is -2.32. The van der Waals surface area contributed by atoms with Gasteiger partial charge in [-0.25, -0.2) is 4.98 Å². The molecule has 1 aromatic carbocycles. The molecule has 1 saturated heterocycles. The van der Waals surface area contributed by atoms with Crippen molar-refractivity contribution < 1.29 is 13.9 Å². The summed E-state index contributed by atoms with van der Waals surface area (Å²) in [5.74, 6) is 1.34. The Hall–Kier alpha value is -2.14. The summed E-state index contributed by atoms with van der Waals surface area (Å²) in [5.41, 5.74) is 1.53. The molecule has 2 heterocycles. The Morgan fingerprint density at radius 3 is 2.83 bits per heavy atom. The molecule has 0 saturated carbocycles. The van der Waals surface area contributed by atoms with Gasteiger partial charge in [0.15, 0.2) is 0 Å². The number of ether oxygens (including phenoxy) is 1. The van der Waals surface area contributed by atoms with Gasteiger partial charge >= 0.3 is 0 Å². The third-order valence-corrected chi connectivity index (χ3v) is 4.55. The normalized spacial score (nSPS) is 18.4. The first-order chi connectivity index (χ1) is 11.7. The molecule has 3 rings (SSSR count). The molecule has 2 aromatic rings. The summed E-state index contributed by atoms with van der Waals surface area (Å²) in [7, 11) is 1.73. The predicted octanol–water partition coefficient (Wildman–Crippen LogP) is 3.54. The molecule has 24 heavy (non-hydrogen) atoms. The van der Waals surface area contributed by atoms with Gasteiger partial charge in [-0.1, -0.05) is 18.2 Å². The monoisotopic (exact) mass is 328 g/mol. The third-order valence-electron chi connectivity index (χ3n) is 4.55. The van der Waals surface area contributed by atoms with Gasteiger partial charge < -0.3 is 14.1 Å². The van der Waals surface area contributed by atoms with Crippen LogP contribution in [-0.4, -0.2) is 42.6 Å². The molecule has 0 bridgehead atoms. The highest BCUT2D eigenvalue weighted by atomic mass is 16.5. The standard InChI is InChI=1S/C19H24N2O3/c1-14-17(24-18(20-14)16-8-4-3-5-9-16)19(22)21-11-6-7-15(10-12-21)13-23-2/h3-5,8-9,15H,6-7,10-13H2,1-2H3/t15-/m1/s1. The molecule has 0 radical (unpaired) electrons. The number of hydrogen-bond acceptors (Lipinski definition) is 4. The largest absolute Gasteiger partial charge is 0.431 e. The lowest BCUT2D eigenvalue weighted by Gasteiger charge is -2.19. The van der Waals surface area contributed by atoms with Gasteiger partial charge in [0.25, 0.3) is 5.91 Å². The fraction of sp³-hybridized carbons (Fsp3) is 0.474. The molecule has 1 aliphatic rings. The van der Waals surface area contributed by atoms with Crippen molar-refractivity contribution in [2.45, 2.75) is 26.2 Å². The van der Waals surface area contributed by atoms with Crippen molar-refractivity contribution in [1.29, 1.82) is 0 Å². The number of rotatable bonds is 4. The van der Waals surface area contributed by atoms with Crippen molar-refractivity contribution >= 4 is 5.91 Å². The number of hydrogen-bond donors (Lipinski definition) is 0. The van der Waals surface area contributed by atoms with E-state index in [9.17, 15) is 4.79 Å². The van der Waals surface area contributed by atoms with Crippen LogP contribution in [0.1, 0.15) is 35.5 Å². The van der Waals surface area contributed by atoms with E-state index in [1.807, 2.05) is 42.2 Å². The van der Waals surface area contributed by atoms with Gasteiger partial charge in [-0.05, 0) is 44.2 Å². The van der Waals surface area contributed by atoms with E-state index >= 15 is 0 Å². The third kappa shape index (κ3) is 3.67. The highest BCUT2D eigenvalue weighted by Gasteiger charge is 2.26. The number of aromatic nitrogens is 1. The number of amides is 1. The van der Waals surface area contributed by atoms with Gasteiger partial charge in [-0.15, -0.1) is 0 Å². The van der Waals surface area contributed by atoms with Crippen LogP contribution >= 0.6 is 0 Å². The lowest BCUT2D eigenvalue weighted by atomic mass is 10.0. The molecule has 1 atom stereocenters. The number of carbonyl (C=O) groups excluding carboxylic acids is 1. The molecule has 0 spiro atoms. The van der Waals surface area contributed by atoms with E-state index in [0.29, 0.717) is 23.3 Å². The van der Waals surface area contributed by atoms with Crippen LogP contribution in [0.25, 0.3) is 11.5 Å². The lowest BCUT2D eigenvalue weighted by molar-refractivity contribution is 0.0723. The molecule has 128 valence electrons. The van der Waals surface area contributed by atoms with Crippen molar-refractivity contribution in [1.82, 2.24) is 9.88 Å². The quantitative estimate of drug-likeness (QED) is 0.861. The summed E-state index contributed by atoms with van der Waals surface area (Å²) in [4.78, 5) is 19.2. The first-order valence-corrected chi connectivity index (χ1v) is 8.50. The zero-order valence-electron chi connectivity index (χ0n) is 14.3. The first-order valence-electron chi connectivity index (χ1n) is 8.50. The van der Waals surface area contributed by atoms with E-state index in [-0.39, 0.29) is 5.91 Å². The van der Waals surface area contributed by atoms with Crippen molar-refractivity contribution in [3.05, 3.63) is 41.8 Å². The number of methoxy groups -OCH3 is 1. The molecule has 1 fully saturated rings. The van der Waals surface area contributed by atoms with E-state index in [4.69, 9.17) is 9.15 Å². The summed E-state index contributed by atoms with van der Waals surface area (Å²) in [6.45, 7) is 4.10. The van der Waals surface area contributed by atoms with E-state index in [1.54, 1.807) is 7.11 Å². The Labute approximate surface area is 142 Å². The second-order valence-electron chi connectivity index (χ2n) is 6.34. The maximum Gasteiger partial charge on any atom is 0.291 e. The molecule has 0 aliphatic carbocycles. The summed E-state index contributed by atoms with van der Waals surface area (Å²) >= 11 is 0. The Balaban J connectivity index is 1.74. The van der Waals surface area contributed by atoms with E-state index in [0.717, 1.165) is 44.5 Å². The van der Waals surface area contributed by atoms with E-state index in [1.165, 1.54) is 0 Å². The summed E-state index contributed by atoms with van der Waals surface area (Å²) in [6, 6.07) is 9.67. The zero-order chi connectivity index (χ0) is 16.9. The SMILES string of the molecule is COC[C@@H]1CCCN(C(=O)c2oc(-c3ccccc3)nc2C)CC1. The van der Waals surface area contributed by atoms with Crippen molar-refractivity contribution in [2.75, 3.05) is 26.8 Å². The van der Waals surface area contributed by atoms with Crippen molar-refractivity contribution in [3.8, 4) is 11.5 Å². The maximum absolute atomic E-state index is 12.8. The second-order valence-corrected chi connectivity index (χ2v) is 6.34. The second kappa shape index (κ2) is 7.62. The van der Waals surface area contributed by atoms with Gasteiger partial charge in [-0.3, -0.25) is 4.79 Å². The maximum atomic E-state index is 12.8. The zero-order valence-corrected chi connectivity index (χ0v) is 14.3. The predicted molar refractivity (Wildman–Crippen MR) is 91.8 cm³/mol. The van der Waals surface area contributed by atoms with Crippen LogP contribution in [-0.2, 0) is 4.74 Å². The minimum atomic E-state index is -0.0553. The minimum Gasteiger partial charge on any atom is -0.431 e. The smallest absolute Gasteiger partial charge is 0.291 e. The van der Waals surface area contributed by atoms with E-state index < -0.39 is 0 Å². The highest BCUT2D eigenvalue weighted by Crippen LogP contribution is 2.24. The number of likely N-dealkylation sites (tertiary alicyclic amines) is 1. The first kappa shape index (κ1) is 16.7. The summed E-state index contributed by atoms with van der Waals surface area (Å²) < 4.78 is 11.1. The van der Waals surface area contributed by atoms with Crippen molar-refractivity contribution in [2.24, 2.45) is 5.92 Å². The van der Waals surface area contributed by atoms with Crippen LogP contribution in [0.5, 0.6) is 0 Å². The molecular weight excluding hydrogens is 304 g/mol. The Kier molecular flexibility index (Phi) is 5.30. The van der Waals surface area contributed by atoms with Crippen LogP contribution in [0.15, 0.2) is 34.7 Å². The van der Waals surface area contributed by atoms with E-state index in [2.05, 4.69) is 4.98 Å². The molecule has 1 aliphatic heterocycles. The van der Waals surface area contributed by atoms with Gasteiger partial charge in [0, 0.05) is 32.4 Å².